The van der Waals surface area contributed by atoms with E-state index in [1.807, 2.05) is 6.07 Å². The first-order chi connectivity index (χ1) is 8.50. The lowest BCUT2D eigenvalue weighted by atomic mass is 10.2. The van der Waals surface area contributed by atoms with Crippen molar-refractivity contribution in [3.05, 3.63) is 34.9 Å². The molecule has 0 saturated heterocycles. The molecular formula is C11H15ClN4O2. The van der Waals surface area contributed by atoms with Gasteiger partial charge in [-0.15, -0.1) is 0 Å². The van der Waals surface area contributed by atoms with Gasteiger partial charge in [-0.3, -0.25) is 10.2 Å². The SMILES string of the molecule is C[C@@H](N)C(=O)NNC(=O)NCc1ccccc1Cl. The lowest BCUT2D eigenvalue weighted by Crippen LogP contribution is -2.51. The van der Waals surface area contributed by atoms with Crippen molar-refractivity contribution in [3.63, 3.8) is 0 Å². The molecule has 0 heterocycles. The van der Waals surface area contributed by atoms with Gasteiger partial charge in [0.15, 0.2) is 0 Å². The summed E-state index contributed by atoms with van der Waals surface area (Å²) in [7, 11) is 0. The second kappa shape index (κ2) is 6.83. The Kier molecular flexibility index (Phi) is 5.41. The summed E-state index contributed by atoms with van der Waals surface area (Å²) >= 11 is 5.92. The zero-order valence-corrected chi connectivity index (χ0v) is 10.6. The van der Waals surface area contributed by atoms with Gasteiger partial charge < -0.3 is 11.1 Å². The molecule has 0 aromatic heterocycles. The van der Waals surface area contributed by atoms with E-state index in [0.717, 1.165) is 5.56 Å². The third-order valence-electron chi connectivity index (χ3n) is 2.11. The average Bonchev–Trinajstić information content (AvgIpc) is 2.34. The van der Waals surface area contributed by atoms with Crippen LogP contribution in [0.4, 0.5) is 4.79 Å². The van der Waals surface area contributed by atoms with Gasteiger partial charge in [-0.1, -0.05) is 29.8 Å². The van der Waals surface area contributed by atoms with Gasteiger partial charge in [0.25, 0.3) is 5.91 Å². The Morgan fingerprint density at radius 3 is 2.61 bits per heavy atom. The van der Waals surface area contributed by atoms with Gasteiger partial charge in [-0.2, -0.15) is 0 Å². The molecule has 1 atom stereocenters. The molecule has 1 aromatic rings. The first-order valence-corrected chi connectivity index (χ1v) is 5.71. The molecule has 0 aliphatic carbocycles. The molecule has 0 radical (unpaired) electrons. The van der Waals surface area contributed by atoms with Crippen LogP contribution in [0.5, 0.6) is 0 Å². The van der Waals surface area contributed by atoms with E-state index >= 15 is 0 Å². The summed E-state index contributed by atoms with van der Waals surface area (Å²) in [5, 5.41) is 3.11. The Bertz CT molecular complexity index is 437. The zero-order chi connectivity index (χ0) is 13.5. The molecule has 1 rings (SSSR count). The van der Waals surface area contributed by atoms with Gasteiger partial charge in [0, 0.05) is 11.6 Å². The van der Waals surface area contributed by atoms with Crippen molar-refractivity contribution in [3.8, 4) is 0 Å². The molecule has 0 aliphatic heterocycles. The predicted molar refractivity (Wildman–Crippen MR) is 68.6 cm³/mol. The van der Waals surface area contributed by atoms with Crippen LogP contribution in [0, 0.1) is 0 Å². The van der Waals surface area contributed by atoms with Crippen LogP contribution in [0.15, 0.2) is 24.3 Å². The van der Waals surface area contributed by atoms with E-state index in [1.54, 1.807) is 18.2 Å². The molecule has 18 heavy (non-hydrogen) atoms. The largest absolute Gasteiger partial charge is 0.333 e. The molecule has 7 heteroatoms. The number of nitrogens with two attached hydrogens (primary N) is 1. The molecule has 0 spiro atoms. The highest BCUT2D eigenvalue weighted by Crippen LogP contribution is 2.13. The van der Waals surface area contributed by atoms with Crippen molar-refractivity contribution >= 4 is 23.5 Å². The van der Waals surface area contributed by atoms with E-state index in [0.29, 0.717) is 5.02 Å². The van der Waals surface area contributed by atoms with Crippen molar-refractivity contribution in [2.24, 2.45) is 5.73 Å². The fourth-order valence-electron chi connectivity index (χ4n) is 1.09. The van der Waals surface area contributed by atoms with Gasteiger partial charge in [0.1, 0.15) is 0 Å². The number of carbonyl (C=O) groups excluding carboxylic acids is 2. The minimum atomic E-state index is -0.686. The normalized spacial score (nSPS) is 11.5. The van der Waals surface area contributed by atoms with Crippen LogP contribution in [-0.4, -0.2) is 18.0 Å². The minimum Gasteiger partial charge on any atom is -0.333 e. The van der Waals surface area contributed by atoms with E-state index in [9.17, 15) is 9.59 Å². The van der Waals surface area contributed by atoms with Crippen LogP contribution in [0.2, 0.25) is 5.02 Å². The van der Waals surface area contributed by atoms with Crippen LogP contribution in [0.1, 0.15) is 12.5 Å². The molecule has 1 aromatic carbocycles. The van der Waals surface area contributed by atoms with E-state index in [1.165, 1.54) is 6.92 Å². The molecule has 98 valence electrons. The summed E-state index contributed by atoms with van der Waals surface area (Å²) in [5.74, 6) is -0.470. The summed E-state index contributed by atoms with van der Waals surface area (Å²) in [6.07, 6.45) is 0. The van der Waals surface area contributed by atoms with Crippen molar-refractivity contribution < 1.29 is 9.59 Å². The van der Waals surface area contributed by atoms with E-state index < -0.39 is 18.0 Å². The Morgan fingerprint density at radius 1 is 1.33 bits per heavy atom. The number of amides is 3. The summed E-state index contributed by atoms with van der Waals surface area (Å²) in [6, 6.07) is 5.92. The van der Waals surface area contributed by atoms with E-state index in [4.69, 9.17) is 17.3 Å². The molecule has 0 fully saturated rings. The topological polar surface area (TPSA) is 96.2 Å². The highest BCUT2D eigenvalue weighted by molar-refractivity contribution is 6.31. The zero-order valence-electron chi connectivity index (χ0n) is 9.87. The van der Waals surface area contributed by atoms with Crippen molar-refractivity contribution in [1.29, 1.82) is 0 Å². The van der Waals surface area contributed by atoms with Crippen LogP contribution < -0.4 is 21.9 Å². The van der Waals surface area contributed by atoms with Gasteiger partial charge in [-0.25, -0.2) is 10.2 Å². The smallest absolute Gasteiger partial charge is 0.333 e. The first-order valence-electron chi connectivity index (χ1n) is 5.33. The fourth-order valence-corrected chi connectivity index (χ4v) is 1.30. The molecule has 0 unspecified atom stereocenters. The Labute approximate surface area is 110 Å². The number of urea groups is 1. The van der Waals surface area contributed by atoms with Gasteiger partial charge in [0.05, 0.1) is 6.04 Å². The fraction of sp³-hybridized carbons (Fsp3) is 0.273. The molecular weight excluding hydrogens is 256 g/mol. The van der Waals surface area contributed by atoms with Gasteiger partial charge in [0.2, 0.25) is 0 Å². The van der Waals surface area contributed by atoms with Crippen molar-refractivity contribution in [2.75, 3.05) is 0 Å². The number of benzene rings is 1. The summed E-state index contributed by atoms with van der Waals surface area (Å²) in [5.41, 5.74) is 10.4. The number of rotatable bonds is 3. The highest BCUT2D eigenvalue weighted by Gasteiger charge is 2.08. The Balaban J connectivity index is 2.34. The maximum Gasteiger partial charge on any atom is 0.333 e. The molecule has 3 amide bonds. The standard InChI is InChI=1S/C11H15ClN4O2/c1-7(13)10(17)15-16-11(18)14-6-8-4-2-3-5-9(8)12/h2-5,7H,6,13H2,1H3,(H,15,17)(H2,14,16,18)/t7-/m1/s1. The molecule has 6 nitrogen and oxygen atoms in total. The van der Waals surface area contributed by atoms with Crippen LogP contribution in [0.25, 0.3) is 0 Å². The van der Waals surface area contributed by atoms with Crippen LogP contribution >= 0.6 is 11.6 Å². The lowest BCUT2D eigenvalue weighted by molar-refractivity contribution is -0.122. The maximum absolute atomic E-state index is 11.3. The van der Waals surface area contributed by atoms with E-state index in [-0.39, 0.29) is 6.54 Å². The van der Waals surface area contributed by atoms with Gasteiger partial charge in [-0.05, 0) is 18.6 Å². The second-order valence-electron chi connectivity index (χ2n) is 3.68. The van der Waals surface area contributed by atoms with Crippen molar-refractivity contribution in [1.82, 2.24) is 16.2 Å². The summed E-state index contributed by atoms with van der Waals surface area (Å²) < 4.78 is 0. The highest BCUT2D eigenvalue weighted by atomic mass is 35.5. The predicted octanol–water partition coefficient (Wildman–Crippen LogP) is 0.518. The number of nitrogens with one attached hydrogen (secondary N) is 3. The monoisotopic (exact) mass is 270 g/mol. The third-order valence-corrected chi connectivity index (χ3v) is 2.48. The lowest BCUT2D eigenvalue weighted by Gasteiger charge is -2.10. The number of halogens is 1. The number of carbonyl (C=O) groups is 2. The first kappa shape index (κ1) is 14.3. The summed E-state index contributed by atoms with van der Waals surface area (Å²) in [4.78, 5) is 22.4. The Hall–Kier alpha value is -1.79. The van der Waals surface area contributed by atoms with Crippen LogP contribution in [-0.2, 0) is 11.3 Å². The quantitative estimate of drug-likeness (QED) is 0.603. The third kappa shape index (κ3) is 4.60. The van der Waals surface area contributed by atoms with Gasteiger partial charge >= 0.3 is 6.03 Å². The molecule has 0 bridgehead atoms. The molecule has 0 aliphatic rings. The molecule has 5 N–H and O–H groups in total. The van der Waals surface area contributed by atoms with Crippen molar-refractivity contribution in [2.45, 2.75) is 19.5 Å². The second-order valence-corrected chi connectivity index (χ2v) is 4.08. The number of hydrazine groups is 1. The van der Waals surface area contributed by atoms with Crippen LogP contribution in [0.3, 0.4) is 0 Å². The maximum atomic E-state index is 11.3. The summed E-state index contributed by atoms with van der Waals surface area (Å²) in [6.45, 7) is 1.78. The minimum absolute atomic E-state index is 0.263. The van der Waals surface area contributed by atoms with E-state index in [2.05, 4.69) is 16.2 Å². The average molecular weight is 271 g/mol. The Morgan fingerprint density at radius 2 is 2.00 bits per heavy atom. The number of hydrogen-bond acceptors (Lipinski definition) is 3. The number of hydrogen-bond donors (Lipinski definition) is 4. The molecule has 0 saturated carbocycles.